The molecule has 1 saturated carbocycles. The number of likely N-dealkylation sites (tertiary alicyclic amines) is 1. The number of amides is 1. The smallest absolute Gasteiger partial charge is 0.225 e. The molecule has 0 atom stereocenters. The van der Waals surface area contributed by atoms with Gasteiger partial charge in [0, 0.05) is 36.1 Å². The number of nitrogens with one attached hydrogen (secondary N) is 1. The highest BCUT2D eigenvalue weighted by molar-refractivity contribution is 5.84. The molecular weight excluding hydrogens is 332 g/mol. The molecule has 0 bridgehead atoms. The summed E-state index contributed by atoms with van der Waals surface area (Å²) in [4.78, 5) is 18.6. The van der Waals surface area contributed by atoms with Crippen LogP contribution in [0.5, 0.6) is 0 Å². The minimum atomic E-state index is 0.299. The zero-order chi connectivity index (χ0) is 18.6. The normalized spacial score (nSPS) is 24.4. The van der Waals surface area contributed by atoms with Crippen LogP contribution in [0, 0.1) is 11.8 Å². The molecule has 1 saturated heterocycles. The first-order valence-electron chi connectivity index (χ1n) is 11.1. The third-order valence-corrected chi connectivity index (χ3v) is 7.03. The van der Waals surface area contributed by atoms with Crippen molar-refractivity contribution in [1.82, 2.24) is 9.88 Å². The molecule has 27 heavy (non-hydrogen) atoms. The lowest BCUT2D eigenvalue weighted by Gasteiger charge is -2.36. The number of hydrogen-bond donors (Lipinski definition) is 1. The topological polar surface area (TPSA) is 36.1 Å². The number of carbonyl (C=O) groups is 1. The van der Waals surface area contributed by atoms with E-state index in [1.807, 2.05) is 0 Å². The van der Waals surface area contributed by atoms with Crippen molar-refractivity contribution in [3.63, 3.8) is 0 Å². The van der Waals surface area contributed by atoms with Gasteiger partial charge in [0.05, 0.1) is 0 Å². The van der Waals surface area contributed by atoms with Gasteiger partial charge in [-0.25, -0.2) is 0 Å². The van der Waals surface area contributed by atoms with E-state index in [1.165, 1.54) is 48.6 Å². The van der Waals surface area contributed by atoms with Crippen molar-refractivity contribution in [2.45, 2.75) is 70.6 Å². The Labute approximate surface area is 163 Å². The number of carbonyl (C=O) groups excluding carboxylic acids is 1. The number of piperidine rings is 1. The zero-order valence-electron chi connectivity index (χ0n) is 16.8. The molecule has 3 heteroatoms. The first kappa shape index (κ1) is 18.6. The van der Waals surface area contributed by atoms with Gasteiger partial charge in [-0.1, -0.05) is 44.4 Å². The lowest BCUT2D eigenvalue weighted by atomic mass is 9.79. The van der Waals surface area contributed by atoms with E-state index in [4.69, 9.17) is 0 Å². The minimum absolute atomic E-state index is 0.299. The van der Waals surface area contributed by atoms with Gasteiger partial charge in [-0.2, -0.15) is 0 Å². The minimum Gasteiger partial charge on any atom is -0.361 e. The Morgan fingerprint density at radius 2 is 1.81 bits per heavy atom. The molecule has 4 rings (SSSR count). The summed E-state index contributed by atoms with van der Waals surface area (Å²) >= 11 is 0. The molecule has 2 aromatic rings. The molecule has 2 heterocycles. The van der Waals surface area contributed by atoms with Crippen LogP contribution >= 0.6 is 0 Å². The number of unbranched alkanes of at least 4 members (excludes halogenated alkanes) is 1. The summed E-state index contributed by atoms with van der Waals surface area (Å²) < 4.78 is 0. The molecule has 1 aliphatic carbocycles. The van der Waals surface area contributed by atoms with Gasteiger partial charge in [0.15, 0.2) is 0 Å². The number of para-hydroxylation sites is 1. The van der Waals surface area contributed by atoms with Gasteiger partial charge >= 0.3 is 0 Å². The maximum atomic E-state index is 13.0. The summed E-state index contributed by atoms with van der Waals surface area (Å²) in [5, 5.41) is 1.35. The molecule has 2 aliphatic rings. The van der Waals surface area contributed by atoms with Crippen molar-refractivity contribution in [3.8, 4) is 0 Å². The summed E-state index contributed by atoms with van der Waals surface area (Å²) in [7, 11) is 0. The number of rotatable bonds is 5. The molecule has 1 aromatic carbocycles. The van der Waals surface area contributed by atoms with Crippen LogP contribution in [0.3, 0.4) is 0 Å². The summed E-state index contributed by atoms with van der Waals surface area (Å²) in [5.41, 5.74) is 2.67. The molecule has 146 valence electrons. The number of aromatic nitrogens is 1. The van der Waals surface area contributed by atoms with E-state index in [1.54, 1.807) is 0 Å². The third-order valence-electron chi connectivity index (χ3n) is 7.03. The Morgan fingerprint density at radius 1 is 1.07 bits per heavy atom. The summed E-state index contributed by atoms with van der Waals surface area (Å²) in [6.45, 7) is 4.13. The molecule has 1 amide bonds. The Bertz CT molecular complexity index is 749. The Morgan fingerprint density at radius 3 is 2.56 bits per heavy atom. The van der Waals surface area contributed by atoms with E-state index in [9.17, 15) is 4.79 Å². The lowest BCUT2D eigenvalue weighted by molar-refractivity contribution is -0.138. The fraction of sp³-hybridized carbons (Fsp3) is 0.625. The number of aromatic amines is 1. The number of nitrogens with zero attached hydrogens (tertiary/aromatic N) is 1. The standard InChI is InChI=1S/C24H34N2O/c1-2-3-6-18-9-11-20(12-10-18)24(27)26-15-13-19(14-16-26)22-17-25-23-8-5-4-7-21(22)23/h4-5,7-8,17-20,25H,2-3,6,9-16H2,1H3. The lowest BCUT2D eigenvalue weighted by Crippen LogP contribution is -2.42. The quantitative estimate of drug-likeness (QED) is 0.706. The average Bonchev–Trinajstić information content (AvgIpc) is 3.16. The zero-order valence-corrected chi connectivity index (χ0v) is 16.8. The Kier molecular flexibility index (Phi) is 5.85. The average molecular weight is 367 g/mol. The second-order valence-electron chi connectivity index (χ2n) is 8.75. The van der Waals surface area contributed by atoms with Crippen molar-refractivity contribution in [1.29, 1.82) is 0 Å². The van der Waals surface area contributed by atoms with Gasteiger partial charge in [0.2, 0.25) is 5.91 Å². The van der Waals surface area contributed by atoms with Crippen molar-refractivity contribution >= 4 is 16.8 Å². The SMILES string of the molecule is CCCCC1CCC(C(=O)N2CCC(c3c[nH]c4ccccc34)CC2)CC1. The van der Waals surface area contributed by atoms with Crippen LogP contribution in [-0.2, 0) is 4.79 Å². The first-order valence-corrected chi connectivity index (χ1v) is 11.1. The molecule has 0 radical (unpaired) electrons. The Balaban J connectivity index is 1.30. The third kappa shape index (κ3) is 4.07. The first-order chi connectivity index (χ1) is 13.3. The van der Waals surface area contributed by atoms with Crippen LogP contribution in [0.25, 0.3) is 10.9 Å². The molecule has 1 aromatic heterocycles. The second-order valence-corrected chi connectivity index (χ2v) is 8.75. The monoisotopic (exact) mass is 366 g/mol. The van der Waals surface area contributed by atoms with E-state index in [0.29, 0.717) is 17.7 Å². The van der Waals surface area contributed by atoms with Crippen molar-refractivity contribution in [2.75, 3.05) is 13.1 Å². The van der Waals surface area contributed by atoms with Crippen LogP contribution in [0.4, 0.5) is 0 Å². The van der Waals surface area contributed by atoms with Gasteiger partial charge in [0.1, 0.15) is 0 Å². The fourth-order valence-corrected chi connectivity index (χ4v) is 5.29. The van der Waals surface area contributed by atoms with Crippen LogP contribution < -0.4 is 0 Å². The number of H-pyrrole nitrogens is 1. The van der Waals surface area contributed by atoms with Crippen molar-refractivity contribution in [2.24, 2.45) is 11.8 Å². The predicted octanol–water partition coefficient (Wildman–Crippen LogP) is 5.87. The van der Waals surface area contributed by atoms with Crippen molar-refractivity contribution < 1.29 is 4.79 Å². The van der Waals surface area contributed by atoms with Crippen LogP contribution in [0.1, 0.15) is 76.2 Å². The van der Waals surface area contributed by atoms with Crippen LogP contribution in [0.15, 0.2) is 30.5 Å². The number of benzene rings is 1. The number of fused-ring (bicyclic) bond motifs is 1. The van der Waals surface area contributed by atoms with Gasteiger partial charge < -0.3 is 9.88 Å². The van der Waals surface area contributed by atoms with E-state index < -0.39 is 0 Å². The second kappa shape index (κ2) is 8.50. The van der Waals surface area contributed by atoms with Crippen LogP contribution in [0.2, 0.25) is 0 Å². The van der Waals surface area contributed by atoms with E-state index in [2.05, 4.69) is 47.3 Å². The predicted molar refractivity (Wildman–Crippen MR) is 112 cm³/mol. The molecule has 2 fully saturated rings. The maximum Gasteiger partial charge on any atom is 0.225 e. The highest BCUT2D eigenvalue weighted by Crippen LogP contribution is 2.36. The van der Waals surface area contributed by atoms with Crippen molar-refractivity contribution in [3.05, 3.63) is 36.0 Å². The van der Waals surface area contributed by atoms with Gasteiger partial charge in [-0.3, -0.25) is 4.79 Å². The van der Waals surface area contributed by atoms with Gasteiger partial charge in [-0.15, -0.1) is 0 Å². The highest BCUT2D eigenvalue weighted by Gasteiger charge is 2.32. The molecule has 0 unspecified atom stereocenters. The molecule has 3 nitrogen and oxygen atoms in total. The van der Waals surface area contributed by atoms with E-state index in [-0.39, 0.29) is 0 Å². The van der Waals surface area contributed by atoms with E-state index in [0.717, 1.165) is 44.7 Å². The van der Waals surface area contributed by atoms with Crippen LogP contribution in [-0.4, -0.2) is 28.9 Å². The molecular formula is C24H34N2O. The van der Waals surface area contributed by atoms with Gasteiger partial charge in [0.25, 0.3) is 0 Å². The highest BCUT2D eigenvalue weighted by atomic mass is 16.2. The largest absolute Gasteiger partial charge is 0.361 e. The molecule has 1 aliphatic heterocycles. The molecule has 1 N–H and O–H groups in total. The summed E-state index contributed by atoms with van der Waals surface area (Å²) in [5.74, 6) is 2.20. The Hall–Kier alpha value is -1.77. The summed E-state index contributed by atoms with van der Waals surface area (Å²) in [6.07, 6.45) is 13.2. The fourth-order valence-electron chi connectivity index (χ4n) is 5.29. The molecule has 0 spiro atoms. The van der Waals surface area contributed by atoms with Gasteiger partial charge in [-0.05, 0) is 62.0 Å². The summed E-state index contributed by atoms with van der Waals surface area (Å²) in [6, 6.07) is 8.57. The number of hydrogen-bond acceptors (Lipinski definition) is 1. The maximum absolute atomic E-state index is 13.0. The van der Waals surface area contributed by atoms with E-state index >= 15 is 0 Å².